The quantitative estimate of drug-likeness (QED) is 0.0689. The Labute approximate surface area is 370 Å². The van der Waals surface area contributed by atoms with E-state index in [0.29, 0.717) is 44.4 Å². The first kappa shape index (κ1) is 49.4. The van der Waals surface area contributed by atoms with E-state index in [1.807, 2.05) is 51.1 Å². The molecule has 3 N–H and O–H groups in total. The number of aliphatic hydroxyl groups excluding tert-OH is 1. The van der Waals surface area contributed by atoms with E-state index in [1.165, 1.54) is 33.5 Å². The average molecular weight is 901 g/mol. The van der Waals surface area contributed by atoms with E-state index >= 15 is 0 Å². The zero-order chi connectivity index (χ0) is 45.7. The summed E-state index contributed by atoms with van der Waals surface area (Å²) in [7, 11) is -4.14. The first-order chi connectivity index (χ1) is 30.0. The number of hydrogen-bond acceptors (Lipinski definition) is 13. The fourth-order valence-electron chi connectivity index (χ4n) is 7.67. The number of benzene rings is 2. The Bertz CT molecular complexity index is 1960. The van der Waals surface area contributed by atoms with E-state index in [9.17, 15) is 37.5 Å². The number of carbonyl (C=O) groups is 5. The van der Waals surface area contributed by atoms with Gasteiger partial charge in [-0.2, -0.15) is 4.31 Å². The van der Waals surface area contributed by atoms with Crippen LogP contribution in [0.2, 0.25) is 0 Å². The molecule has 0 aliphatic carbocycles. The van der Waals surface area contributed by atoms with E-state index in [0.717, 1.165) is 12.0 Å². The molecule has 3 aliphatic rings. The Kier molecular flexibility index (Phi) is 17.9. The average Bonchev–Trinajstić information content (AvgIpc) is 3.90. The summed E-state index contributed by atoms with van der Waals surface area (Å²) in [5.74, 6) is -1.96. The molecule has 3 heterocycles. The molecule has 3 fully saturated rings. The maximum absolute atomic E-state index is 14.1. The number of amides is 3. The third-order valence-corrected chi connectivity index (χ3v) is 13.6. The van der Waals surface area contributed by atoms with Crippen LogP contribution in [0.15, 0.2) is 59.5 Å². The topological polar surface area (TPSA) is 216 Å². The standard InChI is InChI=1S/C45H64N4O13S/c1-6-45(4,5)39(51)40(52)49-22-11-10-15-36(49)41(53)58-23-12-21-46-43(54)61-28-32-16-18-33(19-17-32)63(56,57)48(26-30(2)3)27-37(50)35(25-31-13-8-7-9-14-31)47-44(55)62-38-29-60-42-34(38)20-24-59-42/h7-9,13-14,16-19,30,34-38,42,50H,6,10-12,15,20-29H2,1-5H3,(H,46,54)(H,47,55)/t34?,35?,36?,37?,38-,42?/m0/s1. The lowest BCUT2D eigenvalue weighted by molar-refractivity contribution is -0.161. The number of likely N-dealkylation sites (tertiary alicyclic amines) is 1. The second-order valence-electron chi connectivity index (χ2n) is 17.4. The lowest BCUT2D eigenvalue weighted by Crippen LogP contribution is -2.53. The van der Waals surface area contributed by atoms with Crippen molar-refractivity contribution < 1.29 is 61.2 Å². The highest BCUT2D eigenvalue weighted by Gasteiger charge is 2.44. The van der Waals surface area contributed by atoms with Crippen molar-refractivity contribution >= 4 is 39.9 Å². The van der Waals surface area contributed by atoms with Crippen LogP contribution in [-0.4, -0.2) is 129 Å². The Morgan fingerprint density at radius 3 is 2.37 bits per heavy atom. The van der Waals surface area contributed by atoms with Gasteiger partial charge in [0, 0.05) is 31.6 Å². The van der Waals surface area contributed by atoms with E-state index in [4.69, 9.17) is 23.7 Å². The van der Waals surface area contributed by atoms with Crippen molar-refractivity contribution in [3.63, 3.8) is 0 Å². The Balaban J connectivity index is 1.10. The van der Waals surface area contributed by atoms with Crippen LogP contribution in [0.1, 0.15) is 84.3 Å². The Morgan fingerprint density at radius 2 is 1.67 bits per heavy atom. The number of hydrogen-bond donors (Lipinski definition) is 3. The molecular weight excluding hydrogens is 837 g/mol. The third-order valence-electron chi connectivity index (χ3n) is 11.8. The van der Waals surface area contributed by atoms with Crippen LogP contribution in [0.3, 0.4) is 0 Å². The minimum atomic E-state index is -4.14. The molecule has 0 saturated carbocycles. The van der Waals surface area contributed by atoms with Crippen molar-refractivity contribution in [2.75, 3.05) is 46.0 Å². The Hall–Kier alpha value is -4.62. The van der Waals surface area contributed by atoms with E-state index in [1.54, 1.807) is 13.8 Å². The molecule has 6 atom stereocenters. The molecule has 5 unspecified atom stereocenters. The van der Waals surface area contributed by atoms with E-state index in [-0.39, 0.29) is 69.0 Å². The normalized spacial score (nSPS) is 21.0. The van der Waals surface area contributed by atoms with Crippen LogP contribution in [0, 0.1) is 17.3 Å². The zero-order valence-electron chi connectivity index (χ0n) is 37.0. The predicted octanol–water partition coefficient (Wildman–Crippen LogP) is 4.34. The van der Waals surface area contributed by atoms with Crippen LogP contribution in [-0.2, 0) is 61.1 Å². The number of esters is 1. The fourth-order valence-corrected chi connectivity index (χ4v) is 9.30. The summed E-state index contributed by atoms with van der Waals surface area (Å²) in [5, 5.41) is 17.0. The van der Waals surface area contributed by atoms with Crippen molar-refractivity contribution in [2.24, 2.45) is 17.3 Å². The number of alkyl carbamates (subject to hydrolysis) is 2. The van der Waals surface area contributed by atoms with Gasteiger partial charge in [0.1, 0.15) is 18.8 Å². The van der Waals surface area contributed by atoms with Crippen molar-refractivity contribution in [3.05, 3.63) is 65.7 Å². The highest BCUT2D eigenvalue weighted by atomic mass is 32.2. The molecular formula is C45H64N4O13S. The van der Waals surface area contributed by atoms with E-state index in [2.05, 4.69) is 10.6 Å². The van der Waals surface area contributed by atoms with Crippen molar-refractivity contribution in [3.8, 4) is 0 Å². The summed E-state index contributed by atoms with van der Waals surface area (Å²) < 4.78 is 56.9. The van der Waals surface area contributed by atoms with Crippen LogP contribution in [0.5, 0.6) is 0 Å². The second-order valence-corrected chi connectivity index (χ2v) is 19.4. The van der Waals surface area contributed by atoms with Crippen LogP contribution in [0.25, 0.3) is 0 Å². The minimum Gasteiger partial charge on any atom is -0.464 e. The summed E-state index contributed by atoms with van der Waals surface area (Å²) in [4.78, 5) is 65.6. The maximum atomic E-state index is 14.1. The molecule has 0 radical (unpaired) electrons. The summed E-state index contributed by atoms with van der Waals surface area (Å²) in [6.07, 6.45) is -0.210. The monoisotopic (exact) mass is 900 g/mol. The largest absolute Gasteiger partial charge is 0.464 e. The summed E-state index contributed by atoms with van der Waals surface area (Å²) in [5.41, 5.74) is 0.517. The second kappa shape index (κ2) is 22.8. The number of aliphatic hydroxyl groups is 1. The maximum Gasteiger partial charge on any atom is 0.407 e. The number of rotatable bonds is 21. The van der Waals surface area contributed by atoms with Gasteiger partial charge >= 0.3 is 18.2 Å². The highest BCUT2D eigenvalue weighted by Crippen LogP contribution is 2.33. The van der Waals surface area contributed by atoms with Gasteiger partial charge in [-0.1, -0.05) is 77.1 Å². The summed E-state index contributed by atoms with van der Waals surface area (Å²) >= 11 is 0. The molecule has 63 heavy (non-hydrogen) atoms. The molecule has 348 valence electrons. The molecule has 3 aliphatic heterocycles. The van der Waals surface area contributed by atoms with Gasteiger partial charge in [0.2, 0.25) is 15.8 Å². The van der Waals surface area contributed by atoms with Crippen molar-refractivity contribution in [1.82, 2.24) is 19.8 Å². The molecule has 0 bridgehead atoms. The molecule has 17 nitrogen and oxygen atoms in total. The smallest absolute Gasteiger partial charge is 0.407 e. The van der Waals surface area contributed by atoms with Gasteiger partial charge in [-0.3, -0.25) is 9.59 Å². The molecule has 18 heteroatoms. The van der Waals surface area contributed by atoms with Crippen molar-refractivity contribution in [2.45, 2.75) is 122 Å². The van der Waals surface area contributed by atoms with Gasteiger partial charge in [-0.05, 0) is 74.1 Å². The number of carbonyl (C=O) groups excluding carboxylic acids is 5. The Morgan fingerprint density at radius 1 is 0.937 bits per heavy atom. The lowest BCUT2D eigenvalue weighted by atomic mass is 9.84. The summed E-state index contributed by atoms with van der Waals surface area (Å²) in [6.45, 7) is 9.74. The molecule has 0 spiro atoms. The van der Waals surface area contributed by atoms with Gasteiger partial charge in [-0.25, -0.2) is 22.8 Å². The zero-order valence-corrected chi connectivity index (χ0v) is 37.8. The number of nitrogens with one attached hydrogen (secondary N) is 2. The van der Waals surface area contributed by atoms with Crippen LogP contribution < -0.4 is 10.6 Å². The minimum absolute atomic E-state index is 0.0171. The lowest BCUT2D eigenvalue weighted by Gasteiger charge is -2.35. The number of ketones is 1. The number of piperidine rings is 1. The summed E-state index contributed by atoms with van der Waals surface area (Å²) in [6, 6.07) is 13.4. The fraction of sp³-hybridized carbons (Fsp3) is 0.622. The van der Waals surface area contributed by atoms with Crippen molar-refractivity contribution in [1.29, 1.82) is 0 Å². The third kappa shape index (κ3) is 13.7. The molecule has 2 aromatic rings. The number of fused-ring (bicyclic) bond motifs is 1. The van der Waals surface area contributed by atoms with Crippen LogP contribution >= 0.6 is 0 Å². The van der Waals surface area contributed by atoms with E-state index < -0.39 is 75.9 Å². The predicted molar refractivity (Wildman–Crippen MR) is 229 cm³/mol. The molecule has 3 amide bonds. The van der Waals surface area contributed by atoms with Gasteiger partial charge < -0.3 is 44.3 Å². The van der Waals surface area contributed by atoms with Gasteiger partial charge in [0.25, 0.3) is 5.91 Å². The first-order valence-corrected chi connectivity index (χ1v) is 23.4. The van der Waals surface area contributed by atoms with Gasteiger partial charge in [0.15, 0.2) is 6.29 Å². The number of nitrogens with zero attached hydrogens (tertiary/aromatic N) is 2. The molecule has 3 saturated heterocycles. The number of Topliss-reactive ketones (excluding diaryl/α,β-unsaturated/α-hetero) is 1. The molecule has 0 aromatic heterocycles. The molecule has 5 rings (SSSR count). The highest BCUT2D eigenvalue weighted by molar-refractivity contribution is 7.89. The SMILES string of the molecule is CCC(C)(C)C(=O)C(=O)N1CCCCC1C(=O)OCCCNC(=O)OCc1ccc(S(=O)(=O)N(CC(C)C)CC(O)C(Cc2ccccc2)NC(=O)O[C@H]2COC3OCCC32)cc1. The molecule has 2 aromatic carbocycles. The first-order valence-electron chi connectivity index (χ1n) is 21.9. The number of ether oxygens (including phenoxy) is 5. The van der Waals surface area contributed by atoms with Gasteiger partial charge in [0.05, 0.1) is 42.8 Å². The van der Waals surface area contributed by atoms with Gasteiger partial charge in [-0.15, -0.1) is 0 Å². The van der Waals surface area contributed by atoms with Crippen LogP contribution in [0.4, 0.5) is 9.59 Å². The number of sulfonamides is 1.